The van der Waals surface area contributed by atoms with Crippen LogP contribution in [0.4, 0.5) is 18.9 Å². The Morgan fingerprint density at radius 2 is 2.06 bits per heavy atom. The molecule has 0 radical (unpaired) electrons. The summed E-state index contributed by atoms with van der Waals surface area (Å²) >= 11 is 11.0. The number of hydrazone groups is 1. The minimum Gasteiger partial charge on any atom is -0.461 e. The van der Waals surface area contributed by atoms with Crippen molar-refractivity contribution in [2.75, 3.05) is 5.32 Å². The summed E-state index contributed by atoms with van der Waals surface area (Å²) in [7, 11) is 0. The van der Waals surface area contributed by atoms with Crippen molar-refractivity contribution in [3.63, 3.8) is 0 Å². The molecule has 2 heterocycles. The number of thiocarbonyl (C=S) groups is 1. The summed E-state index contributed by atoms with van der Waals surface area (Å²) in [5.41, 5.74) is 1.99. The van der Waals surface area contributed by atoms with E-state index in [1.54, 1.807) is 26.0 Å². The number of hydrogen-bond acceptors (Lipinski definition) is 5. The van der Waals surface area contributed by atoms with Crippen molar-refractivity contribution >= 4 is 40.3 Å². The maximum atomic E-state index is 12.9. The van der Waals surface area contributed by atoms with Crippen molar-refractivity contribution in [2.24, 2.45) is 5.10 Å². The molecule has 12 heteroatoms. The Labute approximate surface area is 184 Å². The fourth-order valence-electron chi connectivity index (χ4n) is 2.68. The highest BCUT2D eigenvalue weighted by atomic mass is 35.5. The highest BCUT2D eigenvalue weighted by molar-refractivity contribution is 7.80. The van der Waals surface area contributed by atoms with Crippen LogP contribution in [0, 0.1) is 6.92 Å². The second-order valence-electron chi connectivity index (χ2n) is 6.31. The molecule has 3 aromatic rings. The third-order valence-corrected chi connectivity index (χ3v) is 4.61. The van der Waals surface area contributed by atoms with Gasteiger partial charge in [-0.2, -0.15) is 18.3 Å². The van der Waals surface area contributed by atoms with Gasteiger partial charge in [-0.05, 0) is 56.4 Å². The molecular formula is C19H15ClF3N5O2S. The molecule has 162 valence electrons. The third-order valence-electron chi connectivity index (χ3n) is 4.08. The number of hydrogen-bond donors (Lipinski definition) is 3. The van der Waals surface area contributed by atoms with Crippen LogP contribution < -0.4 is 16.3 Å². The average molecular weight is 470 g/mol. The molecule has 0 aliphatic rings. The largest absolute Gasteiger partial charge is 0.461 e. The van der Waals surface area contributed by atoms with Gasteiger partial charge >= 0.3 is 6.18 Å². The van der Waals surface area contributed by atoms with E-state index >= 15 is 0 Å². The summed E-state index contributed by atoms with van der Waals surface area (Å²) in [6.45, 7) is 3.19. The van der Waals surface area contributed by atoms with Crippen LogP contribution in [0.2, 0.25) is 5.02 Å². The second kappa shape index (κ2) is 8.90. The molecule has 0 spiro atoms. The van der Waals surface area contributed by atoms with Crippen LogP contribution in [-0.4, -0.2) is 20.8 Å². The molecular weight excluding hydrogens is 455 g/mol. The van der Waals surface area contributed by atoms with E-state index in [9.17, 15) is 18.0 Å². The van der Waals surface area contributed by atoms with Crippen LogP contribution in [0.25, 0.3) is 11.6 Å². The lowest BCUT2D eigenvalue weighted by Crippen LogP contribution is -2.27. The molecule has 31 heavy (non-hydrogen) atoms. The van der Waals surface area contributed by atoms with Gasteiger partial charge in [0, 0.05) is 0 Å². The van der Waals surface area contributed by atoms with Crippen molar-refractivity contribution in [1.82, 2.24) is 15.4 Å². The lowest BCUT2D eigenvalue weighted by Gasteiger charge is -2.13. The van der Waals surface area contributed by atoms with Crippen molar-refractivity contribution in [3.05, 3.63) is 68.8 Å². The number of H-pyrrole nitrogens is 1. The first-order chi connectivity index (χ1) is 14.6. The quantitative estimate of drug-likeness (QED) is 0.291. The molecule has 0 aliphatic carbocycles. The minimum atomic E-state index is -4.53. The highest BCUT2D eigenvalue weighted by Gasteiger charge is 2.31. The average Bonchev–Trinajstić information content (AvgIpc) is 3.21. The van der Waals surface area contributed by atoms with Gasteiger partial charge in [-0.3, -0.25) is 10.2 Å². The predicted molar refractivity (Wildman–Crippen MR) is 115 cm³/mol. The molecule has 0 fully saturated rings. The first-order valence-electron chi connectivity index (χ1n) is 8.69. The monoisotopic (exact) mass is 469 g/mol. The summed E-state index contributed by atoms with van der Waals surface area (Å²) in [5.74, 6) is 0.677. The topological polar surface area (TPSA) is 95.3 Å². The number of aryl methyl sites for hydroxylation is 1. The van der Waals surface area contributed by atoms with Gasteiger partial charge in [0.2, 0.25) is 0 Å². The van der Waals surface area contributed by atoms with E-state index in [0.29, 0.717) is 11.5 Å². The Morgan fingerprint density at radius 3 is 2.68 bits per heavy atom. The smallest absolute Gasteiger partial charge is 0.416 e. The van der Waals surface area contributed by atoms with E-state index in [2.05, 4.69) is 25.8 Å². The number of furan rings is 1. The highest BCUT2D eigenvalue weighted by Crippen LogP contribution is 2.33. The molecule has 2 aromatic heterocycles. The molecule has 1 aromatic carbocycles. The Bertz CT molecular complexity index is 1210. The van der Waals surface area contributed by atoms with Crippen molar-refractivity contribution in [2.45, 2.75) is 20.0 Å². The van der Waals surface area contributed by atoms with Crippen molar-refractivity contribution < 1.29 is 17.6 Å². The number of aromatic amines is 1. The first-order valence-corrected chi connectivity index (χ1v) is 9.48. The molecule has 0 saturated heterocycles. The number of aromatic nitrogens is 2. The Balaban J connectivity index is 1.77. The lowest BCUT2D eigenvalue weighted by atomic mass is 10.1. The van der Waals surface area contributed by atoms with Crippen molar-refractivity contribution in [1.29, 1.82) is 0 Å². The maximum absolute atomic E-state index is 12.9. The number of nitrogens with zero attached hydrogens (tertiary/aromatic N) is 2. The summed E-state index contributed by atoms with van der Waals surface area (Å²) in [6.07, 6.45) is -3.07. The fourth-order valence-corrected chi connectivity index (χ4v) is 3.00. The van der Waals surface area contributed by atoms with Gasteiger partial charge in [0.05, 0.1) is 39.5 Å². The predicted octanol–water partition coefficient (Wildman–Crippen LogP) is 4.72. The molecule has 3 N–H and O–H groups in total. The van der Waals surface area contributed by atoms with Crippen LogP contribution in [0.15, 0.2) is 50.9 Å². The van der Waals surface area contributed by atoms with Gasteiger partial charge < -0.3 is 14.7 Å². The molecule has 0 bridgehead atoms. The van der Waals surface area contributed by atoms with E-state index in [-0.39, 0.29) is 32.9 Å². The summed E-state index contributed by atoms with van der Waals surface area (Å²) in [6, 6.07) is 6.13. The Kier molecular flexibility index (Phi) is 6.46. The number of anilines is 1. The molecule has 0 saturated carbocycles. The minimum absolute atomic E-state index is 0.0414. The van der Waals surface area contributed by atoms with Gasteiger partial charge in [-0.25, -0.2) is 4.98 Å². The number of alkyl halides is 3. The zero-order valence-electron chi connectivity index (χ0n) is 16.1. The van der Waals surface area contributed by atoms with Crippen LogP contribution in [-0.2, 0) is 6.18 Å². The number of halogens is 4. The molecule has 0 amide bonds. The lowest BCUT2D eigenvalue weighted by molar-refractivity contribution is -0.137. The van der Waals surface area contributed by atoms with Gasteiger partial charge in [0.15, 0.2) is 16.7 Å². The fraction of sp³-hybridized carbons (Fsp3) is 0.158. The van der Waals surface area contributed by atoms with Crippen LogP contribution in [0.1, 0.15) is 23.7 Å². The first kappa shape index (κ1) is 22.5. The molecule has 0 aliphatic heterocycles. The zero-order chi connectivity index (χ0) is 22.8. The van der Waals surface area contributed by atoms with E-state index in [0.717, 1.165) is 18.2 Å². The van der Waals surface area contributed by atoms with E-state index < -0.39 is 17.3 Å². The van der Waals surface area contributed by atoms with Crippen LogP contribution >= 0.6 is 23.8 Å². The van der Waals surface area contributed by atoms with Crippen LogP contribution in [0.5, 0.6) is 0 Å². The van der Waals surface area contributed by atoms with E-state index in [4.69, 9.17) is 28.2 Å². The normalized spacial score (nSPS) is 12.0. The Morgan fingerprint density at radius 1 is 1.32 bits per heavy atom. The molecule has 7 nitrogen and oxygen atoms in total. The van der Waals surface area contributed by atoms with Crippen LogP contribution in [0.3, 0.4) is 0 Å². The van der Waals surface area contributed by atoms with E-state index in [1.165, 1.54) is 6.26 Å². The van der Waals surface area contributed by atoms with Gasteiger partial charge in [0.25, 0.3) is 5.56 Å². The molecule has 0 atom stereocenters. The number of nitrogens with one attached hydrogen (secondary N) is 3. The SMILES string of the molecule is C/C(=N\NC(=S)Nc1cc(C(F)(F)F)ccc1Cl)c1c(C)nc(-c2ccco2)[nH]c1=O. The third kappa shape index (κ3) is 5.30. The van der Waals surface area contributed by atoms with Crippen molar-refractivity contribution in [3.8, 4) is 11.6 Å². The van der Waals surface area contributed by atoms with Gasteiger partial charge in [-0.1, -0.05) is 11.6 Å². The second-order valence-corrected chi connectivity index (χ2v) is 7.12. The molecule has 0 unspecified atom stereocenters. The van der Waals surface area contributed by atoms with Gasteiger partial charge in [-0.15, -0.1) is 0 Å². The van der Waals surface area contributed by atoms with Gasteiger partial charge in [0.1, 0.15) is 0 Å². The number of rotatable bonds is 4. The summed E-state index contributed by atoms with van der Waals surface area (Å²) in [4.78, 5) is 19.4. The molecule has 3 rings (SSSR count). The summed E-state index contributed by atoms with van der Waals surface area (Å²) < 4.78 is 43.9. The Hall–Kier alpha value is -3.18. The maximum Gasteiger partial charge on any atom is 0.416 e. The zero-order valence-corrected chi connectivity index (χ0v) is 17.7. The number of benzene rings is 1. The van der Waals surface area contributed by atoms with E-state index in [1.807, 2.05) is 0 Å². The standard InChI is InChI=1S/C19H15ClF3N5O2S/c1-9-15(17(29)26-16(24-9)14-4-3-7-30-14)10(2)27-28-18(31)25-13-8-11(19(21,22)23)5-6-12(13)20/h3-8H,1-2H3,(H,24,26,29)(H2,25,28,31)/b27-10+. The summed E-state index contributed by atoms with van der Waals surface area (Å²) in [5, 5.41) is 6.50.